The summed E-state index contributed by atoms with van der Waals surface area (Å²) in [5.41, 5.74) is 2.50. The van der Waals surface area contributed by atoms with E-state index in [1.165, 1.54) is 44.1 Å². The molecule has 3 heterocycles. The first-order chi connectivity index (χ1) is 14.7. The monoisotopic (exact) mass is 424 g/mol. The Morgan fingerprint density at radius 1 is 1.10 bits per heavy atom. The Balaban J connectivity index is 1.28. The number of carbonyl (C=O) groups excluding carboxylic acids is 2. The van der Waals surface area contributed by atoms with Crippen molar-refractivity contribution in [1.82, 2.24) is 15.2 Å². The topological polar surface area (TPSA) is 65.5 Å². The SMILES string of the molecule is O=C(NCCCN1CCCCC1)c1ccc(CN2C(=O)CSc3ncccc32)cc1. The number of pyridine rings is 1. The maximum absolute atomic E-state index is 12.4. The standard InChI is InChI=1S/C23H28N4O2S/c28-21-17-30-23-20(6-4-11-25-23)27(21)16-18-7-9-19(10-8-18)22(29)24-12-5-15-26-13-2-1-3-14-26/h4,6-11H,1-3,5,12-17H2,(H,24,29). The Labute approximate surface area is 182 Å². The first-order valence-electron chi connectivity index (χ1n) is 10.7. The van der Waals surface area contributed by atoms with Gasteiger partial charge in [0.15, 0.2) is 0 Å². The van der Waals surface area contributed by atoms with Gasteiger partial charge in [-0.05, 0) is 68.7 Å². The first kappa shape index (κ1) is 20.9. The number of fused-ring (bicyclic) bond motifs is 1. The van der Waals surface area contributed by atoms with Crippen LogP contribution in [0.5, 0.6) is 0 Å². The van der Waals surface area contributed by atoms with Gasteiger partial charge in [0, 0.05) is 18.3 Å². The average Bonchev–Trinajstić information content (AvgIpc) is 2.79. The van der Waals surface area contributed by atoms with E-state index in [4.69, 9.17) is 0 Å². The third-order valence-electron chi connectivity index (χ3n) is 5.62. The molecule has 4 rings (SSSR count). The molecule has 30 heavy (non-hydrogen) atoms. The number of piperidine rings is 1. The fourth-order valence-electron chi connectivity index (χ4n) is 3.95. The quantitative estimate of drug-likeness (QED) is 0.691. The van der Waals surface area contributed by atoms with Crippen molar-refractivity contribution in [1.29, 1.82) is 0 Å². The maximum atomic E-state index is 12.4. The predicted molar refractivity (Wildman–Crippen MR) is 120 cm³/mol. The molecule has 158 valence electrons. The van der Waals surface area contributed by atoms with Crippen LogP contribution >= 0.6 is 11.8 Å². The zero-order valence-corrected chi connectivity index (χ0v) is 18.0. The van der Waals surface area contributed by atoms with E-state index >= 15 is 0 Å². The Bertz CT molecular complexity index is 881. The highest BCUT2D eigenvalue weighted by atomic mass is 32.2. The van der Waals surface area contributed by atoms with Crippen molar-refractivity contribution >= 4 is 29.3 Å². The van der Waals surface area contributed by atoms with Crippen LogP contribution in [0.1, 0.15) is 41.6 Å². The van der Waals surface area contributed by atoms with Crippen LogP contribution in [0, 0.1) is 0 Å². The lowest BCUT2D eigenvalue weighted by molar-refractivity contribution is -0.116. The Hall–Kier alpha value is -2.38. The number of amides is 2. The summed E-state index contributed by atoms with van der Waals surface area (Å²) in [7, 11) is 0. The molecule has 1 aromatic heterocycles. The average molecular weight is 425 g/mol. The molecule has 0 spiro atoms. The number of nitrogens with one attached hydrogen (secondary N) is 1. The number of thioether (sulfide) groups is 1. The summed E-state index contributed by atoms with van der Waals surface area (Å²) in [4.78, 5) is 33.4. The second-order valence-electron chi connectivity index (χ2n) is 7.80. The van der Waals surface area contributed by atoms with Crippen LogP contribution < -0.4 is 10.2 Å². The Morgan fingerprint density at radius 3 is 2.70 bits per heavy atom. The van der Waals surface area contributed by atoms with Gasteiger partial charge in [-0.1, -0.05) is 30.3 Å². The normalized spacial score (nSPS) is 16.9. The van der Waals surface area contributed by atoms with Crippen molar-refractivity contribution in [2.75, 3.05) is 36.8 Å². The highest BCUT2D eigenvalue weighted by Crippen LogP contribution is 2.33. The lowest BCUT2D eigenvalue weighted by Crippen LogP contribution is -2.35. The number of carbonyl (C=O) groups is 2. The molecular weight excluding hydrogens is 396 g/mol. The predicted octanol–water partition coefficient (Wildman–Crippen LogP) is 3.33. The largest absolute Gasteiger partial charge is 0.352 e. The molecule has 6 nitrogen and oxygen atoms in total. The fourth-order valence-corrected chi connectivity index (χ4v) is 4.83. The van der Waals surface area contributed by atoms with Crippen molar-refractivity contribution in [3.8, 4) is 0 Å². The minimum absolute atomic E-state index is 0.0415. The zero-order chi connectivity index (χ0) is 20.8. The van der Waals surface area contributed by atoms with Gasteiger partial charge in [0.2, 0.25) is 5.91 Å². The van der Waals surface area contributed by atoms with Crippen molar-refractivity contribution < 1.29 is 9.59 Å². The summed E-state index contributed by atoms with van der Waals surface area (Å²) in [5.74, 6) is 0.443. The number of likely N-dealkylation sites (tertiary alicyclic amines) is 1. The highest BCUT2D eigenvalue weighted by Gasteiger charge is 2.25. The van der Waals surface area contributed by atoms with Gasteiger partial charge in [0.1, 0.15) is 5.03 Å². The number of anilines is 1. The van der Waals surface area contributed by atoms with Crippen molar-refractivity contribution in [3.05, 3.63) is 53.7 Å². The lowest BCUT2D eigenvalue weighted by atomic mass is 10.1. The maximum Gasteiger partial charge on any atom is 0.251 e. The minimum atomic E-state index is -0.0415. The molecule has 2 aliphatic heterocycles. The number of rotatable bonds is 7. The summed E-state index contributed by atoms with van der Waals surface area (Å²) < 4.78 is 0. The summed E-state index contributed by atoms with van der Waals surface area (Å²) in [6.45, 7) is 4.61. The van der Waals surface area contributed by atoms with Crippen molar-refractivity contribution in [3.63, 3.8) is 0 Å². The third-order valence-corrected chi connectivity index (χ3v) is 6.60. The fraction of sp³-hybridized carbons (Fsp3) is 0.435. The minimum Gasteiger partial charge on any atom is -0.352 e. The Morgan fingerprint density at radius 2 is 1.90 bits per heavy atom. The molecule has 1 aromatic carbocycles. The van der Waals surface area contributed by atoms with Gasteiger partial charge < -0.3 is 15.1 Å². The van der Waals surface area contributed by atoms with Crippen LogP contribution in [0.3, 0.4) is 0 Å². The summed E-state index contributed by atoms with van der Waals surface area (Å²) in [6.07, 6.45) is 6.66. The molecular formula is C23H28N4O2S. The van der Waals surface area contributed by atoms with Crippen LogP contribution in [0.15, 0.2) is 47.6 Å². The molecule has 7 heteroatoms. The van der Waals surface area contributed by atoms with E-state index < -0.39 is 0 Å². The molecule has 1 fully saturated rings. The molecule has 2 aliphatic rings. The molecule has 2 aromatic rings. The number of hydrogen-bond acceptors (Lipinski definition) is 5. The molecule has 2 amide bonds. The number of hydrogen-bond donors (Lipinski definition) is 1. The highest BCUT2D eigenvalue weighted by molar-refractivity contribution is 8.00. The van der Waals surface area contributed by atoms with E-state index in [0.717, 1.165) is 29.2 Å². The van der Waals surface area contributed by atoms with Crippen LogP contribution in [-0.4, -0.2) is 53.6 Å². The number of aromatic nitrogens is 1. The Kier molecular flexibility index (Phi) is 7.02. The molecule has 1 saturated heterocycles. The summed E-state index contributed by atoms with van der Waals surface area (Å²) in [6, 6.07) is 11.3. The molecule has 0 aliphatic carbocycles. The second-order valence-corrected chi connectivity index (χ2v) is 8.77. The van der Waals surface area contributed by atoms with E-state index in [2.05, 4.69) is 15.2 Å². The van der Waals surface area contributed by atoms with Crippen LogP contribution in [0.4, 0.5) is 5.69 Å². The van der Waals surface area contributed by atoms with Crippen LogP contribution in [0.2, 0.25) is 0 Å². The van der Waals surface area contributed by atoms with Crippen LogP contribution in [-0.2, 0) is 11.3 Å². The van der Waals surface area contributed by atoms with Gasteiger partial charge in [0.25, 0.3) is 5.91 Å². The van der Waals surface area contributed by atoms with Crippen LogP contribution in [0.25, 0.3) is 0 Å². The first-order valence-corrected chi connectivity index (χ1v) is 11.7. The second kappa shape index (κ2) is 10.1. The summed E-state index contributed by atoms with van der Waals surface area (Å²) >= 11 is 1.48. The van der Waals surface area contributed by atoms with Crippen molar-refractivity contribution in [2.45, 2.75) is 37.3 Å². The molecule has 0 radical (unpaired) electrons. The molecule has 0 atom stereocenters. The van der Waals surface area contributed by atoms with E-state index in [0.29, 0.717) is 24.4 Å². The third kappa shape index (κ3) is 5.21. The van der Waals surface area contributed by atoms with Crippen molar-refractivity contribution in [2.24, 2.45) is 0 Å². The van der Waals surface area contributed by atoms with Gasteiger partial charge in [-0.25, -0.2) is 4.98 Å². The van der Waals surface area contributed by atoms with Gasteiger partial charge in [-0.15, -0.1) is 0 Å². The smallest absolute Gasteiger partial charge is 0.251 e. The van der Waals surface area contributed by atoms with Gasteiger partial charge in [-0.3, -0.25) is 9.59 Å². The zero-order valence-electron chi connectivity index (χ0n) is 17.2. The van der Waals surface area contributed by atoms with Gasteiger partial charge >= 0.3 is 0 Å². The summed E-state index contributed by atoms with van der Waals surface area (Å²) in [5, 5.41) is 3.91. The van der Waals surface area contributed by atoms with Gasteiger partial charge in [0.05, 0.1) is 18.0 Å². The van der Waals surface area contributed by atoms with E-state index in [9.17, 15) is 9.59 Å². The van der Waals surface area contributed by atoms with E-state index in [1.807, 2.05) is 36.4 Å². The van der Waals surface area contributed by atoms with E-state index in [-0.39, 0.29) is 11.8 Å². The number of nitrogens with zero attached hydrogens (tertiary/aromatic N) is 3. The number of benzene rings is 1. The van der Waals surface area contributed by atoms with Gasteiger partial charge in [-0.2, -0.15) is 0 Å². The lowest BCUT2D eigenvalue weighted by Gasteiger charge is -2.28. The molecule has 1 N–H and O–H groups in total. The van der Waals surface area contributed by atoms with E-state index in [1.54, 1.807) is 11.1 Å². The molecule has 0 unspecified atom stereocenters. The molecule has 0 bridgehead atoms. The molecule has 0 saturated carbocycles.